The Morgan fingerprint density at radius 3 is 2.55 bits per heavy atom. The van der Waals surface area contributed by atoms with E-state index in [9.17, 15) is 18.3 Å². The largest absolute Gasteiger partial charge is 0.507 e. The summed E-state index contributed by atoms with van der Waals surface area (Å²) in [4.78, 5) is 14.4. The van der Waals surface area contributed by atoms with Crippen molar-refractivity contribution >= 4 is 49.2 Å². The third kappa shape index (κ3) is 3.49. The normalized spacial score (nSPS) is 11.2. The quantitative estimate of drug-likeness (QED) is 0.671. The second kappa shape index (κ2) is 6.11. The van der Waals surface area contributed by atoms with E-state index in [-0.39, 0.29) is 21.3 Å². The molecule has 0 amide bonds. The molecule has 7 nitrogen and oxygen atoms in total. The van der Waals surface area contributed by atoms with E-state index in [1.165, 1.54) is 12.1 Å². The molecule has 0 radical (unpaired) electrons. The lowest BCUT2D eigenvalue weighted by Gasteiger charge is -2.09. The molecule has 0 saturated carbocycles. The molecule has 1 aromatic heterocycles. The summed E-state index contributed by atoms with van der Waals surface area (Å²) in [6, 6.07) is 4.58. The highest BCUT2D eigenvalue weighted by Gasteiger charge is 2.18. The molecule has 0 spiro atoms. The Kier molecular flexibility index (Phi) is 4.59. The molecular formula is C12H8BrClN2O5S. The van der Waals surface area contributed by atoms with Crippen LogP contribution in [0.2, 0.25) is 5.15 Å². The number of aromatic carboxylic acids is 1. The number of carboxylic acid groups (broad SMARTS) is 1. The van der Waals surface area contributed by atoms with Gasteiger partial charge in [-0.2, -0.15) is 0 Å². The highest BCUT2D eigenvalue weighted by atomic mass is 79.9. The van der Waals surface area contributed by atoms with Gasteiger partial charge in [0.2, 0.25) is 0 Å². The number of carboxylic acids is 1. The maximum absolute atomic E-state index is 12.2. The first-order chi connectivity index (χ1) is 10.2. The minimum Gasteiger partial charge on any atom is -0.507 e. The molecule has 3 N–H and O–H groups in total. The number of hydrogen-bond acceptors (Lipinski definition) is 5. The average Bonchev–Trinajstić information content (AvgIpc) is 2.40. The standard InChI is InChI=1S/C12H8BrClN2O5S/c13-9-4-7(5-15-11(9)14)22(20,21)16-6-1-2-8(12(18)19)10(17)3-6/h1-5,16-17H,(H,18,19). The van der Waals surface area contributed by atoms with E-state index in [0.29, 0.717) is 4.47 Å². The van der Waals surface area contributed by atoms with Crippen molar-refractivity contribution in [1.82, 2.24) is 4.98 Å². The number of carbonyl (C=O) groups is 1. The number of benzene rings is 1. The van der Waals surface area contributed by atoms with Crippen LogP contribution >= 0.6 is 27.5 Å². The lowest BCUT2D eigenvalue weighted by molar-refractivity contribution is 0.0694. The van der Waals surface area contributed by atoms with E-state index in [1.807, 2.05) is 0 Å². The van der Waals surface area contributed by atoms with Crippen LogP contribution < -0.4 is 4.72 Å². The zero-order valence-electron chi connectivity index (χ0n) is 10.6. The minimum absolute atomic E-state index is 0.00794. The van der Waals surface area contributed by atoms with E-state index >= 15 is 0 Å². The minimum atomic E-state index is -3.96. The molecule has 0 unspecified atom stereocenters. The lowest BCUT2D eigenvalue weighted by atomic mass is 10.2. The van der Waals surface area contributed by atoms with Gasteiger partial charge in [-0.3, -0.25) is 4.72 Å². The molecule has 0 aliphatic carbocycles. The van der Waals surface area contributed by atoms with Crippen LogP contribution in [-0.4, -0.2) is 29.6 Å². The van der Waals surface area contributed by atoms with Gasteiger partial charge in [0.1, 0.15) is 21.4 Å². The van der Waals surface area contributed by atoms with Crippen LogP contribution in [-0.2, 0) is 10.0 Å². The molecule has 0 aliphatic rings. The summed E-state index contributed by atoms with van der Waals surface area (Å²) in [6.45, 7) is 0. The van der Waals surface area contributed by atoms with E-state index in [2.05, 4.69) is 25.6 Å². The van der Waals surface area contributed by atoms with Gasteiger partial charge in [0.25, 0.3) is 10.0 Å². The molecular weight excluding hydrogens is 400 g/mol. The van der Waals surface area contributed by atoms with Crippen LogP contribution in [0.25, 0.3) is 0 Å². The van der Waals surface area contributed by atoms with Crippen molar-refractivity contribution in [3.63, 3.8) is 0 Å². The number of aromatic nitrogens is 1. The van der Waals surface area contributed by atoms with Crippen molar-refractivity contribution < 1.29 is 23.4 Å². The van der Waals surface area contributed by atoms with Crippen molar-refractivity contribution in [3.8, 4) is 5.75 Å². The second-order valence-electron chi connectivity index (χ2n) is 4.09. The number of nitrogens with one attached hydrogen (secondary N) is 1. The number of phenols is 1. The number of aromatic hydroxyl groups is 1. The fraction of sp³-hybridized carbons (Fsp3) is 0. The van der Waals surface area contributed by atoms with Gasteiger partial charge in [-0.15, -0.1) is 0 Å². The highest BCUT2D eigenvalue weighted by Crippen LogP contribution is 2.26. The van der Waals surface area contributed by atoms with E-state index in [4.69, 9.17) is 16.7 Å². The number of nitrogens with zero attached hydrogens (tertiary/aromatic N) is 1. The number of anilines is 1. The Morgan fingerprint density at radius 2 is 2.00 bits per heavy atom. The van der Waals surface area contributed by atoms with Gasteiger partial charge in [0.05, 0.1) is 10.2 Å². The fourth-order valence-electron chi connectivity index (χ4n) is 1.54. The molecule has 0 atom stereocenters. The predicted octanol–water partition coefficient (Wildman–Crippen LogP) is 2.70. The summed E-state index contributed by atoms with van der Waals surface area (Å²) in [7, 11) is -3.96. The highest BCUT2D eigenvalue weighted by molar-refractivity contribution is 9.10. The summed E-state index contributed by atoms with van der Waals surface area (Å²) in [5.41, 5.74) is -0.326. The van der Waals surface area contributed by atoms with Crippen molar-refractivity contribution in [2.75, 3.05) is 4.72 Å². The van der Waals surface area contributed by atoms with Crippen molar-refractivity contribution in [2.45, 2.75) is 4.90 Å². The lowest BCUT2D eigenvalue weighted by Crippen LogP contribution is -2.13. The Labute approximate surface area is 138 Å². The topological polar surface area (TPSA) is 117 Å². The molecule has 1 heterocycles. The van der Waals surface area contributed by atoms with Gasteiger partial charge in [-0.25, -0.2) is 18.2 Å². The van der Waals surface area contributed by atoms with Crippen LogP contribution in [0.1, 0.15) is 10.4 Å². The van der Waals surface area contributed by atoms with Crippen LogP contribution in [0.4, 0.5) is 5.69 Å². The van der Waals surface area contributed by atoms with E-state index in [0.717, 1.165) is 18.3 Å². The smallest absolute Gasteiger partial charge is 0.339 e. The summed E-state index contributed by atoms with van der Waals surface area (Å²) in [5, 5.41) is 18.5. The van der Waals surface area contributed by atoms with Crippen LogP contribution in [0.3, 0.4) is 0 Å². The average molecular weight is 408 g/mol. The van der Waals surface area contributed by atoms with Crippen LogP contribution in [0, 0.1) is 0 Å². The Morgan fingerprint density at radius 1 is 1.32 bits per heavy atom. The molecule has 0 fully saturated rings. The van der Waals surface area contributed by atoms with Crippen molar-refractivity contribution in [3.05, 3.63) is 45.7 Å². The number of sulfonamides is 1. The first kappa shape index (κ1) is 16.5. The van der Waals surface area contributed by atoms with Crippen molar-refractivity contribution in [2.24, 2.45) is 0 Å². The molecule has 0 bridgehead atoms. The summed E-state index contributed by atoms with van der Waals surface area (Å²) in [6.07, 6.45) is 1.07. The van der Waals surface area contributed by atoms with Gasteiger partial charge in [0, 0.05) is 12.3 Å². The SMILES string of the molecule is O=C(O)c1ccc(NS(=O)(=O)c2cnc(Cl)c(Br)c2)cc1O. The molecule has 10 heteroatoms. The number of halogens is 2. The van der Waals surface area contributed by atoms with Gasteiger partial charge < -0.3 is 10.2 Å². The van der Waals surface area contributed by atoms with Gasteiger partial charge >= 0.3 is 5.97 Å². The predicted molar refractivity (Wildman–Crippen MR) is 82.8 cm³/mol. The molecule has 2 rings (SSSR count). The Hall–Kier alpha value is -1.84. The molecule has 0 aliphatic heterocycles. The first-order valence-electron chi connectivity index (χ1n) is 5.61. The third-order valence-corrected chi connectivity index (χ3v) is 5.04. The van der Waals surface area contributed by atoms with E-state index < -0.39 is 21.7 Å². The number of hydrogen-bond donors (Lipinski definition) is 3. The molecule has 0 saturated heterocycles. The van der Waals surface area contributed by atoms with Crippen LogP contribution in [0.15, 0.2) is 39.8 Å². The summed E-state index contributed by atoms with van der Waals surface area (Å²) >= 11 is 8.77. The molecule has 1 aromatic carbocycles. The number of pyridine rings is 1. The molecule has 116 valence electrons. The van der Waals surface area contributed by atoms with Gasteiger partial charge in [0.15, 0.2) is 0 Å². The maximum atomic E-state index is 12.2. The maximum Gasteiger partial charge on any atom is 0.339 e. The first-order valence-corrected chi connectivity index (χ1v) is 8.26. The molecule has 2 aromatic rings. The summed E-state index contributed by atoms with van der Waals surface area (Å²) in [5.74, 6) is -1.87. The second-order valence-corrected chi connectivity index (χ2v) is 6.98. The van der Waals surface area contributed by atoms with Crippen LogP contribution in [0.5, 0.6) is 5.75 Å². The zero-order valence-corrected chi connectivity index (χ0v) is 13.8. The monoisotopic (exact) mass is 406 g/mol. The third-order valence-electron chi connectivity index (χ3n) is 2.56. The van der Waals surface area contributed by atoms with E-state index in [1.54, 1.807) is 0 Å². The Bertz CT molecular complexity index is 857. The summed E-state index contributed by atoms with van der Waals surface area (Å²) < 4.78 is 26.9. The number of rotatable bonds is 4. The zero-order chi connectivity index (χ0) is 16.5. The van der Waals surface area contributed by atoms with Gasteiger partial charge in [-0.05, 0) is 34.1 Å². The fourth-order valence-corrected chi connectivity index (χ4v) is 3.16. The molecule has 22 heavy (non-hydrogen) atoms. The van der Waals surface area contributed by atoms with Gasteiger partial charge in [-0.1, -0.05) is 11.6 Å². The Balaban J connectivity index is 2.34. The van der Waals surface area contributed by atoms with Crippen molar-refractivity contribution in [1.29, 1.82) is 0 Å².